The van der Waals surface area contributed by atoms with Crippen LogP contribution in [0.25, 0.3) is 5.70 Å². The fourth-order valence-electron chi connectivity index (χ4n) is 4.44. The molecule has 4 heterocycles. The van der Waals surface area contributed by atoms with Gasteiger partial charge in [-0.25, -0.2) is 9.79 Å². The Morgan fingerprint density at radius 1 is 1.12 bits per heavy atom. The van der Waals surface area contributed by atoms with E-state index in [4.69, 9.17) is 9.73 Å². The zero-order chi connectivity index (χ0) is 22.8. The van der Waals surface area contributed by atoms with Crippen LogP contribution < -0.4 is 0 Å². The minimum absolute atomic E-state index is 0.126. The molecule has 1 fully saturated rings. The number of hydrogen-bond acceptors (Lipinski definition) is 7. The van der Waals surface area contributed by atoms with Crippen LogP contribution in [0.4, 0.5) is 0 Å². The molecule has 0 radical (unpaired) electrons. The van der Waals surface area contributed by atoms with Gasteiger partial charge in [0, 0.05) is 29.2 Å². The topological polar surface area (TPSA) is 62.2 Å². The second kappa shape index (κ2) is 9.57. The van der Waals surface area contributed by atoms with Crippen molar-refractivity contribution < 1.29 is 14.3 Å². The number of thiophene rings is 1. The number of amides is 1. The van der Waals surface area contributed by atoms with Gasteiger partial charge in [-0.3, -0.25) is 4.79 Å². The molecule has 1 aromatic carbocycles. The summed E-state index contributed by atoms with van der Waals surface area (Å²) in [5.74, 6) is -0.249. The van der Waals surface area contributed by atoms with Crippen molar-refractivity contribution in [3.8, 4) is 0 Å². The number of rotatable bonds is 6. The van der Waals surface area contributed by atoms with E-state index >= 15 is 0 Å². The number of thioether (sulfide) groups is 1. The van der Waals surface area contributed by atoms with Crippen molar-refractivity contribution in [1.82, 2.24) is 9.80 Å². The number of aliphatic imine (C=N–C) groups is 1. The molecule has 3 aliphatic rings. The van der Waals surface area contributed by atoms with Crippen molar-refractivity contribution in [2.75, 3.05) is 19.7 Å². The molecular formula is C25H25N3O3S2. The summed E-state index contributed by atoms with van der Waals surface area (Å²) in [5, 5.41) is 4.79. The highest BCUT2D eigenvalue weighted by Crippen LogP contribution is 2.48. The Morgan fingerprint density at radius 3 is 2.61 bits per heavy atom. The van der Waals surface area contributed by atoms with Crippen LogP contribution in [0.5, 0.6) is 0 Å². The van der Waals surface area contributed by atoms with E-state index in [0.717, 1.165) is 47.2 Å². The number of amidine groups is 1. The van der Waals surface area contributed by atoms with Crippen LogP contribution in [0, 0.1) is 0 Å². The van der Waals surface area contributed by atoms with Crippen molar-refractivity contribution in [3.63, 3.8) is 0 Å². The first-order chi connectivity index (χ1) is 16.2. The lowest BCUT2D eigenvalue weighted by molar-refractivity contribution is -0.139. The number of likely N-dealkylation sites (tertiary alicyclic amines) is 1. The van der Waals surface area contributed by atoms with Gasteiger partial charge in [-0.2, -0.15) is 0 Å². The third-order valence-corrected chi connectivity index (χ3v) is 7.77. The van der Waals surface area contributed by atoms with Crippen LogP contribution in [0.2, 0.25) is 0 Å². The molecule has 8 heteroatoms. The number of carbonyl (C=O) groups excluding carboxylic acids is 2. The molecule has 33 heavy (non-hydrogen) atoms. The molecule has 3 aliphatic heterocycles. The third-order valence-electron chi connectivity index (χ3n) is 5.96. The Hall–Kier alpha value is -2.84. The first kappa shape index (κ1) is 22.0. The van der Waals surface area contributed by atoms with E-state index < -0.39 is 0 Å². The summed E-state index contributed by atoms with van der Waals surface area (Å²) in [6.07, 6.45) is 2.42. The fourth-order valence-corrected chi connectivity index (χ4v) is 6.18. The van der Waals surface area contributed by atoms with E-state index in [1.165, 1.54) is 11.8 Å². The number of benzene rings is 1. The van der Waals surface area contributed by atoms with E-state index in [2.05, 4.69) is 4.90 Å². The molecule has 170 valence electrons. The van der Waals surface area contributed by atoms with Crippen molar-refractivity contribution >= 4 is 45.8 Å². The maximum atomic E-state index is 13.3. The lowest BCUT2D eigenvalue weighted by Gasteiger charge is -2.36. The van der Waals surface area contributed by atoms with Crippen molar-refractivity contribution in [2.24, 2.45) is 4.99 Å². The Labute approximate surface area is 201 Å². The Balaban J connectivity index is 1.59. The summed E-state index contributed by atoms with van der Waals surface area (Å²) in [6.45, 7) is 3.73. The Morgan fingerprint density at radius 2 is 1.91 bits per heavy atom. The maximum Gasteiger partial charge on any atom is 0.338 e. The minimum atomic E-state index is -0.389. The monoisotopic (exact) mass is 479 g/mol. The average molecular weight is 480 g/mol. The van der Waals surface area contributed by atoms with Crippen LogP contribution in [0.15, 0.2) is 69.5 Å². The molecule has 0 bridgehead atoms. The van der Waals surface area contributed by atoms with Gasteiger partial charge in [0.05, 0.1) is 24.3 Å². The van der Waals surface area contributed by atoms with Crippen LogP contribution in [-0.2, 0) is 14.3 Å². The third kappa shape index (κ3) is 4.25. The number of esters is 1. The standard InChI is InChI=1S/C25H25N3O3S2/c1-2-31-24(30)21-22(17-9-4-3-5-10-17)26-25-28(23(21)19-11-8-14-32-19)18(16-33-25)15-20(29)27-12-6-7-13-27/h3-5,8-11,14,16,23H,2,6-7,12-13,15H2,1H3/t23-/m0/s1. The van der Waals surface area contributed by atoms with E-state index in [1.807, 2.05) is 65.1 Å². The summed E-state index contributed by atoms with van der Waals surface area (Å²) in [4.78, 5) is 36.3. The molecule has 5 rings (SSSR count). The average Bonchev–Trinajstić information content (AvgIpc) is 3.61. The van der Waals surface area contributed by atoms with Gasteiger partial charge in [0.1, 0.15) is 6.04 Å². The van der Waals surface area contributed by atoms with Gasteiger partial charge < -0.3 is 14.5 Å². The highest BCUT2D eigenvalue weighted by atomic mass is 32.2. The van der Waals surface area contributed by atoms with Gasteiger partial charge >= 0.3 is 5.97 Å². The lowest BCUT2D eigenvalue weighted by atomic mass is 9.95. The molecule has 1 aromatic heterocycles. The van der Waals surface area contributed by atoms with Crippen molar-refractivity contribution in [2.45, 2.75) is 32.2 Å². The highest BCUT2D eigenvalue weighted by molar-refractivity contribution is 8.16. The summed E-state index contributed by atoms with van der Waals surface area (Å²) >= 11 is 3.10. The molecule has 6 nitrogen and oxygen atoms in total. The molecule has 1 atom stereocenters. The van der Waals surface area contributed by atoms with E-state index in [0.29, 0.717) is 17.7 Å². The molecule has 0 aliphatic carbocycles. The smallest absolute Gasteiger partial charge is 0.338 e. The van der Waals surface area contributed by atoms with Crippen molar-refractivity contribution in [3.05, 3.63) is 75.0 Å². The summed E-state index contributed by atoms with van der Waals surface area (Å²) in [5.41, 5.74) is 2.89. The molecule has 0 N–H and O–H groups in total. The molecule has 1 amide bonds. The molecular weight excluding hydrogens is 454 g/mol. The zero-order valence-electron chi connectivity index (χ0n) is 18.4. The van der Waals surface area contributed by atoms with Gasteiger partial charge in [-0.05, 0) is 36.6 Å². The van der Waals surface area contributed by atoms with E-state index in [1.54, 1.807) is 11.3 Å². The normalized spacial score (nSPS) is 20.0. The van der Waals surface area contributed by atoms with Gasteiger partial charge in [-0.15, -0.1) is 11.3 Å². The summed E-state index contributed by atoms with van der Waals surface area (Å²) in [7, 11) is 0. The highest BCUT2D eigenvalue weighted by Gasteiger charge is 2.43. The van der Waals surface area contributed by atoms with Gasteiger partial charge in [-0.1, -0.05) is 48.2 Å². The largest absolute Gasteiger partial charge is 0.463 e. The maximum absolute atomic E-state index is 13.3. The molecule has 0 saturated carbocycles. The summed E-state index contributed by atoms with van der Waals surface area (Å²) < 4.78 is 5.52. The molecule has 1 saturated heterocycles. The summed E-state index contributed by atoms with van der Waals surface area (Å²) in [6, 6.07) is 13.4. The van der Waals surface area contributed by atoms with Crippen LogP contribution in [0.1, 0.15) is 42.7 Å². The van der Waals surface area contributed by atoms with Crippen LogP contribution in [-0.4, -0.2) is 46.5 Å². The number of fused-ring (bicyclic) bond motifs is 1. The first-order valence-corrected chi connectivity index (χ1v) is 12.9. The number of hydrogen-bond donors (Lipinski definition) is 0. The number of ether oxygens (including phenoxy) is 1. The lowest BCUT2D eigenvalue weighted by Crippen LogP contribution is -2.38. The quantitative estimate of drug-likeness (QED) is 0.544. The van der Waals surface area contributed by atoms with Crippen LogP contribution in [0.3, 0.4) is 0 Å². The number of nitrogens with zero attached hydrogens (tertiary/aromatic N) is 3. The SMILES string of the molecule is CCOC(=O)C1=C(c2ccccc2)N=C2SC=C(CC(=O)N3CCCC3)N2[C@H]1c1cccs1. The van der Waals surface area contributed by atoms with Gasteiger partial charge in [0.2, 0.25) is 5.91 Å². The molecule has 2 aromatic rings. The predicted molar refractivity (Wildman–Crippen MR) is 132 cm³/mol. The molecule has 0 unspecified atom stereocenters. The first-order valence-electron chi connectivity index (χ1n) is 11.2. The second-order valence-electron chi connectivity index (χ2n) is 8.02. The Kier molecular flexibility index (Phi) is 6.37. The van der Waals surface area contributed by atoms with E-state index in [-0.39, 0.29) is 24.5 Å². The molecule has 0 spiro atoms. The van der Waals surface area contributed by atoms with Crippen molar-refractivity contribution in [1.29, 1.82) is 0 Å². The van der Waals surface area contributed by atoms with Gasteiger partial charge in [0.25, 0.3) is 0 Å². The second-order valence-corrected chi connectivity index (χ2v) is 9.84. The minimum Gasteiger partial charge on any atom is -0.463 e. The predicted octanol–water partition coefficient (Wildman–Crippen LogP) is 5.04. The van der Waals surface area contributed by atoms with Crippen LogP contribution >= 0.6 is 23.1 Å². The Bertz CT molecular complexity index is 1130. The van der Waals surface area contributed by atoms with E-state index in [9.17, 15) is 9.59 Å². The zero-order valence-corrected chi connectivity index (χ0v) is 20.0. The van der Waals surface area contributed by atoms with Gasteiger partial charge in [0.15, 0.2) is 5.17 Å². The fraction of sp³-hybridized carbons (Fsp3) is 0.320. The number of carbonyl (C=O) groups is 2.